The lowest BCUT2D eigenvalue weighted by Gasteiger charge is -2.15. The summed E-state index contributed by atoms with van der Waals surface area (Å²) >= 11 is 0. The quantitative estimate of drug-likeness (QED) is 0.645. The minimum atomic E-state index is -0.334. The van der Waals surface area contributed by atoms with E-state index in [0.29, 0.717) is 0 Å². The number of benzene rings is 1. The van der Waals surface area contributed by atoms with Crippen LogP contribution < -0.4 is 5.32 Å². The zero-order chi connectivity index (χ0) is 15.3. The molecule has 0 aromatic heterocycles. The molecular formula is C16H27N3O. The van der Waals surface area contributed by atoms with Gasteiger partial charge < -0.3 is 15.3 Å². The van der Waals surface area contributed by atoms with Gasteiger partial charge in [0.25, 0.3) is 0 Å². The lowest BCUT2D eigenvalue weighted by Crippen LogP contribution is -2.25. The number of likely N-dealkylation sites (N-methyl/N-ethyl adjacent to an activating group) is 1. The minimum Gasteiger partial charge on any atom is -0.391 e. The minimum absolute atomic E-state index is 0.0230. The van der Waals surface area contributed by atoms with Gasteiger partial charge in [0.1, 0.15) is 5.84 Å². The highest BCUT2D eigenvalue weighted by Crippen LogP contribution is 2.33. The fraction of sp³-hybridized carbons (Fsp3) is 0.562. The number of aliphatic imine (C=N–C) groups is 1. The van der Waals surface area contributed by atoms with Crippen LogP contribution in [0.1, 0.15) is 37.9 Å². The summed E-state index contributed by atoms with van der Waals surface area (Å²) in [6.07, 6.45) is 0.386. The van der Waals surface area contributed by atoms with Gasteiger partial charge in [0.05, 0.1) is 17.8 Å². The van der Waals surface area contributed by atoms with Gasteiger partial charge in [0.2, 0.25) is 0 Å². The first-order chi connectivity index (χ1) is 9.52. The Morgan fingerprint density at radius 2 is 2.00 bits per heavy atom. The predicted octanol–water partition coefficient (Wildman–Crippen LogP) is 2.50. The highest BCUT2D eigenvalue weighted by atomic mass is 16.3. The molecule has 0 radical (unpaired) electrons. The third kappa shape index (κ3) is 3.58. The molecule has 0 heterocycles. The van der Waals surface area contributed by atoms with Gasteiger partial charge in [-0.1, -0.05) is 19.9 Å². The molecule has 1 aromatic rings. The van der Waals surface area contributed by atoms with Crippen LogP contribution >= 0.6 is 0 Å². The van der Waals surface area contributed by atoms with Crippen molar-refractivity contribution in [2.75, 3.05) is 21.1 Å². The Kier molecular flexibility index (Phi) is 6.17. The zero-order valence-electron chi connectivity index (χ0n) is 13.4. The van der Waals surface area contributed by atoms with E-state index in [1.165, 1.54) is 5.56 Å². The second kappa shape index (κ2) is 7.41. The van der Waals surface area contributed by atoms with Crippen LogP contribution in [0, 0.1) is 0 Å². The molecule has 0 unspecified atom stereocenters. The highest BCUT2D eigenvalue weighted by molar-refractivity contribution is 5.82. The van der Waals surface area contributed by atoms with Crippen molar-refractivity contribution >= 4 is 11.5 Å². The van der Waals surface area contributed by atoms with Crippen molar-refractivity contribution < 1.29 is 5.11 Å². The summed E-state index contributed by atoms with van der Waals surface area (Å²) in [5.41, 5.74) is 3.32. The Morgan fingerprint density at radius 3 is 2.55 bits per heavy atom. The van der Waals surface area contributed by atoms with E-state index in [1.54, 1.807) is 0 Å². The van der Waals surface area contributed by atoms with Crippen LogP contribution in [0.15, 0.2) is 23.2 Å². The van der Waals surface area contributed by atoms with Gasteiger partial charge in [0, 0.05) is 20.5 Å². The number of aliphatic hydroxyl groups excluding tert-OH is 1. The van der Waals surface area contributed by atoms with Crippen molar-refractivity contribution in [1.82, 2.24) is 10.2 Å². The summed E-state index contributed by atoms with van der Waals surface area (Å²) in [6.45, 7) is 5.98. The first-order valence-electron chi connectivity index (χ1n) is 7.23. The van der Waals surface area contributed by atoms with Crippen molar-refractivity contribution in [3.8, 4) is 0 Å². The monoisotopic (exact) mass is 277 g/mol. The van der Waals surface area contributed by atoms with Gasteiger partial charge in [-0.2, -0.15) is 0 Å². The molecule has 1 aliphatic carbocycles. The average Bonchev–Trinajstić information content (AvgIpc) is 2.75. The first-order valence-corrected chi connectivity index (χ1v) is 7.23. The number of rotatable bonds is 2. The second-order valence-electron chi connectivity index (χ2n) is 4.97. The summed E-state index contributed by atoms with van der Waals surface area (Å²) in [7, 11) is 5.84. The van der Waals surface area contributed by atoms with Crippen LogP contribution in [0.4, 0.5) is 5.69 Å². The van der Waals surface area contributed by atoms with Gasteiger partial charge in [-0.25, -0.2) is 4.99 Å². The molecule has 0 bridgehead atoms. The molecule has 0 saturated carbocycles. The molecule has 4 nitrogen and oxygen atoms in total. The van der Waals surface area contributed by atoms with E-state index >= 15 is 0 Å². The van der Waals surface area contributed by atoms with E-state index in [2.05, 4.69) is 22.4 Å². The molecule has 4 heteroatoms. The number of nitrogens with one attached hydrogen (secondary N) is 1. The average molecular weight is 277 g/mol. The fourth-order valence-corrected chi connectivity index (χ4v) is 2.31. The van der Waals surface area contributed by atoms with Gasteiger partial charge in [-0.15, -0.1) is 0 Å². The molecule has 2 N–H and O–H groups in total. The van der Waals surface area contributed by atoms with E-state index in [0.717, 1.165) is 23.5 Å². The van der Waals surface area contributed by atoms with Crippen LogP contribution in [0.5, 0.6) is 0 Å². The third-order valence-corrected chi connectivity index (χ3v) is 3.53. The molecular weight excluding hydrogens is 250 g/mol. The first kappa shape index (κ1) is 16.7. The van der Waals surface area contributed by atoms with Crippen molar-refractivity contribution in [3.05, 3.63) is 29.3 Å². The highest BCUT2D eigenvalue weighted by Gasteiger charge is 2.29. The molecule has 20 heavy (non-hydrogen) atoms. The van der Waals surface area contributed by atoms with Crippen LogP contribution in [-0.4, -0.2) is 43.1 Å². The van der Waals surface area contributed by atoms with E-state index < -0.39 is 0 Å². The fourth-order valence-electron chi connectivity index (χ4n) is 2.31. The normalized spacial score (nSPS) is 21.1. The number of hydrogen-bond acceptors (Lipinski definition) is 3. The van der Waals surface area contributed by atoms with E-state index in [4.69, 9.17) is 0 Å². The van der Waals surface area contributed by atoms with Crippen LogP contribution in [-0.2, 0) is 6.42 Å². The summed E-state index contributed by atoms with van der Waals surface area (Å²) in [5.74, 6) is 0.967. The van der Waals surface area contributed by atoms with Gasteiger partial charge in [-0.3, -0.25) is 0 Å². The number of nitrogens with zero attached hydrogens (tertiary/aromatic N) is 2. The van der Waals surface area contributed by atoms with E-state index in [9.17, 15) is 5.11 Å². The Bertz CT molecular complexity index is 469. The molecule has 0 saturated heterocycles. The van der Waals surface area contributed by atoms with Gasteiger partial charge in [-0.05, 0) is 37.2 Å². The molecule has 2 rings (SSSR count). The molecule has 1 aromatic carbocycles. The van der Waals surface area contributed by atoms with Crippen LogP contribution in [0.25, 0.3) is 0 Å². The maximum Gasteiger partial charge on any atom is 0.101 e. The Balaban J connectivity index is 0.000000956. The SMILES string of the molecule is CC.CN[C@@H]1c2cc(N=C(C)N(C)C)ccc2C[C@H]1O. The van der Waals surface area contributed by atoms with Gasteiger partial charge >= 0.3 is 0 Å². The molecule has 0 aliphatic heterocycles. The molecule has 112 valence electrons. The molecule has 1 aliphatic rings. The van der Waals surface area contributed by atoms with Crippen molar-refractivity contribution in [2.24, 2.45) is 4.99 Å². The standard InChI is InChI=1S/C14H21N3O.C2H6/c1-9(17(3)4)16-11-6-5-10-7-13(18)14(15-2)12(10)8-11;1-2/h5-6,8,13-15,18H,7H2,1-4H3;1-2H3/t13-,14-;/m1./s1. The Hall–Kier alpha value is -1.39. The summed E-state index contributed by atoms with van der Waals surface area (Å²) < 4.78 is 0. The van der Waals surface area contributed by atoms with Crippen molar-refractivity contribution in [2.45, 2.75) is 39.3 Å². The lowest BCUT2D eigenvalue weighted by molar-refractivity contribution is 0.145. The maximum atomic E-state index is 9.96. The molecule has 0 amide bonds. The lowest BCUT2D eigenvalue weighted by atomic mass is 10.1. The summed E-state index contributed by atoms with van der Waals surface area (Å²) in [5, 5.41) is 13.1. The zero-order valence-corrected chi connectivity index (χ0v) is 13.4. The molecule has 0 fully saturated rings. The number of hydrogen-bond donors (Lipinski definition) is 2. The summed E-state index contributed by atoms with van der Waals surface area (Å²) in [4.78, 5) is 6.55. The second-order valence-corrected chi connectivity index (χ2v) is 4.97. The third-order valence-electron chi connectivity index (χ3n) is 3.53. The topological polar surface area (TPSA) is 47.9 Å². The van der Waals surface area contributed by atoms with Crippen LogP contribution in [0.3, 0.4) is 0 Å². The number of amidine groups is 1. The maximum absolute atomic E-state index is 9.96. The van der Waals surface area contributed by atoms with Crippen molar-refractivity contribution in [1.29, 1.82) is 0 Å². The number of aliphatic hydroxyl groups is 1. The smallest absolute Gasteiger partial charge is 0.101 e. The van der Waals surface area contributed by atoms with Gasteiger partial charge in [0.15, 0.2) is 0 Å². The largest absolute Gasteiger partial charge is 0.391 e. The van der Waals surface area contributed by atoms with Crippen LogP contribution in [0.2, 0.25) is 0 Å². The molecule has 0 spiro atoms. The predicted molar refractivity (Wildman–Crippen MR) is 85.8 cm³/mol. The molecule has 2 atom stereocenters. The van der Waals surface area contributed by atoms with E-state index in [-0.39, 0.29) is 12.1 Å². The Morgan fingerprint density at radius 1 is 1.35 bits per heavy atom. The Labute approximate surface area is 122 Å². The van der Waals surface area contributed by atoms with E-state index in [1.807, 2.05) is 52.9 Å². The number of fused-ring (bicyclic) bond motifs is 1. The van der Waals surface area contributed by atoms with Crippen molar-refractivity contribution in [3.63, 3.8) is 0 Å². The summed E-state index contributed by atoms with van der Waals surface area (Å²) in [6, 6.07) is 6.17.